The topological polar surface area (TPSA) is 47.9 Å². The molecule has 2 aliphatic rings. The molecule has 0 radical (unpaired) electrons. The van der Waals surface area contributed by atoms with E-state index in [0.717, 1.165) is 37.7 Å². The molecule has 2 aliphatic heterocycles. The molecule has 0 atom stereocenters. The van der Waals surface area contributed by atoms with E-state index in [2.05, 4.69) is 15.2 Å². The van der Waals surface area contributed by atoms with Gasteiger partial charge in [-0.3, -0.25) is 4.90 Å². The Morgan fingerprint density at radius 1 is 1.16 bits per heavy atom. The summed E-state index contributed by atoms with van der Waals surface area (Å²) in [5.41, 5.74) is 0.836. The highest BCUT2D eigenvalue weighted by atomic mass is 35.5. The number of benzene rings is 1. The molecule has 100 valence electrons. The fourth-order valence-electron chi connectivity index (χ4n) is 2.33. The average molecular weight is 279 g/mol. The van der Waals surface area contributed by atoms with Crippen LogP contribution in [0.25, 0.3) is 0 Å². The minimum Gasteiger partial charge on any atom is -0.356 e. The zero-order valence-electron chi connectivity index (χ0n) is 10.5. The lowest BCUT2D eigenvalue weighted by atomic mass is 10.3. The molecule has 0 aromatic heterocycles. The van der Waals surface area contributed by atoms with E-state index in [1.807, 2.05) is 12.1 Å². The van der Waals surface area contributed by atoms with E-state index < -0.39 is 0 Å². The Morgan fingerprint density at radius 2 is 1.84 bits per heavy atom. The molecule has 0 spiro atoms. The maximum absolute atomic E-state index is 12.0. The molecule has 1 saturated heterocycles. The minimum atomic E-state index is -0.198. The number of carbonyl (C=O) groups is 1. The molecule has 0 saturated carbocycles. The van der Waals surface area contributed by atoms with E-state index in [4.69, 9.17) is 11.6 Å². The molecular weight excluding hydrogens is 264 g/mol. The SMILES string of the molecule is O=C1N=C(N2CCNCC2)CN1c1ccc(Cl)cc1. The Balaban J connectivity index is 1.74. The van der Waals surface area contributed by atoms with Crippen molar-refractivity contribution >= 4 is 29.2 Å². The number of nitrogens with one attached hydrogen (secondary N) is 1. The van der Waals surface area contributed by atoms with Crippen molar-refractivity contribution in [1.29, 1.82) is 0 Å². The highest BCUT2D eigenvalue weighted by molar-refractivity contribution is 6.30. The molecule has 1 aromatic rings. The lowest BCUT2D eigenvalue weighted by Crippen LogP contribution is -2.47. The predicted molar refractivity (Wildman–Crippen MR) is 76.1 cm³/mol. The monoisotopic (exact) mass is 278 g/mol. The number of nitrogens with zero attached hydrogens (tertiary/aromatic N) is 3. The van der Waals surface area contributed by atoms with E-state index >= 15 is 0 Å². The second-order valence-electron chi connectivity index (χ2n) is 4.61. The number of halogens is 1. The van der Waals surface area contributed by atoms with Gasteiger partial charge in [0.15, 0.2) is 0 Å². The first-order valence-corrected chi connectivity index (χ1v) is 6.72. The van der Waals surface area contributed by atoms with E-state index in [9.17, 15) is 4.79 Å². The summed E-state index contributed by atoms with van der Waals surface area (Å²) in [4.78, 5) is 20.0. The third-order valence-electron chi connectivity index (χ3n) is 3.38. The summed E-state index contributed by atoms with van der Waals surface area (Å²) in [5.74, 6) is 0.862. The van der Waals surface area contributed by atoms with Crippen LogP contribution < -0.4 is 10.2 Å². The van der Waals surface area contributed by atoms with Gasteiger partial charge < -0.3 is 10.2 Å². The maximum Gasteiger partial charge on any atom is 0.350 e. The van der Waals surface area contributed by atoms with Crippen molar-refractivity contribution in [2.45, 2.75) is 0 Å². The van der Waals surface area contributed by atoms with Crippen LogP contribution in [-0.4, -0.2) is 49.5 Å². The van der Waals surface area contributed by atoms with Crippen LogP contribution in [0.1, 0.15) is 0 Å². The Bertz CT molecular complexity index is 508. The zero-order valence-corrected chi connectivity index (χ0v) is 11.2. The number of amidine groups is 1. The number of anilines is 1. The number of hydrogen-bond acceptors (Lipinski definition) is 3. The van der Waals surface area contributed by atoms with Gasteiger partial charge in [-0.25, -0.2) is 4.79 Å². The van der Waals surface area contributed by atoms with Gasteiger partial charge in [0.25, 0.3) is 0 Å². The minimum absolute atomic E-state index is 0.198. The third kappa shape index (κ3) is 2.57. The number of piperazine rings is 1. The fourth-order valence-corrected chi connectivity index (χ4v) is 2.46. The Hall–Kier alpha value is -1.59. The van der Waals surface area contributed by atoms with Crippen LogP contribution in [0.4, 0.5) is 10.5 Å². The van der Waals surface area contributed by atoms with Crippen molar-refractivity contribution in [3.8, 4) is 0 Å². The van der Waals surface area contributed by atoms with Crippen LogP contribution in [0.5, 0.6) is 0 Å². The van der Waals surface area contributed by atoms with Gasteiger partial charge in [0.05, 0.1) is 6.54 Å². The van der Waals surface area contributed by atoms with E-state index in [-0.39, 0.29) is 6.03 Å². The summed E-state index contributed by atoms with van der Waals surface area (Å²) < 4.78 is 0. The molecule has 1 aromatic carbocycles. The lowest BCUT2D eigenvalue weighted by Gasteiger charge is -2.29. The summed E-state index contributed by atoms with van der Waals surface area (Å²) in [6.07, 6.45) is 0. The standard InChI is InChI=1S/C13H15ClN4O/c14-10-1-3-11(4-2-10)18-9-12(16-13(18)19)17-7-5-15-6-8-17/h1-4,15H,5-9H2. The molecule has 3 rings (SSSR count). The number of rotatable bonds is 1. The van der Waals surface area contributed by atoms with Gasteiger partial charge in [-0.15, -0.1) is 0 Å². The summed E-state index contributed by atoms with van der Waals surface area (Å²) in [5, 5.41) is 3.95. The maximum atomic E-state index is 12.0. The third-order valence-corrected chi connectivity index (χ3v) is 3.63. The van der Waals surface area contributed by atoms with Gasteiger partial charge >= 0.3 is 6.03 Å². The molecule has 0 bridgehead atoms. The summed E-state index contributed by atoms with van der Waals surface area (Å²) in [6, 6.07) is 7.06. The first-order chi connectivity index (χ1) is 9.24. The molecule has 6 heteroatoms. The van der Waals surface area contributed by atoms with Gasteiger partial charge in [-0.2, -0.15) is 4.99 Å². The number of aliphatic imine (C=N–C) groups is 1. The van der Waals surface area contributed by atoms with Gasteiger partial charge in [0.2, 0.25) is 0 Å². The van der Waals surface area contributed by atoms with Gasteiger partial charge in [-0.1, -0.05) is 11.6 Å². The first kappa shape index (κ1) is 12.4. The molecule has 0 unspecified atom stereocenters. The second kappa shape index (κ2) is 5.19. The molecule has 1 fully saturated rings. The molecule has 0 aliphatic carbocycles. The van der Waals surface area contributed by atoms with E-state index in [1.165, 1.54) is 0 Å². The number of amides is 2. The molecule has 5 nitrogen and oxygen atoms in total. The van der Waals surface area contributed by atoms with Crippen molar-refractivity contribution in [3.63, 3.8) is 0 Å². The Labute approximate surface area is 116 Å². The van der Waals surface area contributed by atoms with E-state index in [1.54, 1.807) is 17.0 Å². The smallest absolute Gasteiger partial charge is 0.350 e. The van der Waals surface area contributed by atoms with E-state index in [0.29, 0.717) is 11.6 Å². The largest absolute Gasteiger partial charge is 0.356 e. The Kier molecular flexibility index (Phi) is 3.40. The summed E-state index contributed by atoms with van der Waals surface area (Å²) in [6.45, 7) is 4.23. The zero-order chi connectivity index (χ0) is 13.2. The normalized spacial score (nSPS) is 19.8. The van der Waals surface area contributed by atoms with Crippen LogP contribution in [-0.2, 0) is 0 Å². The average Bonchev–Trinajstić information content (AvgIpc) is 2.83. The second-order valence-corrected chi connectivity index (χ2v) is 5.05. The van der Waals surface area contributed by atoms with Gasteiger partial charge in [-0.05, 0) is 24.3 Å². The van der Waals surface area contributed by atoms with Crippen LogP contribution in [0, 0.1) is 0 Å². The molecule has 2 heterocycles. The van der Waals surface area contributed by atoms with Crippen molar-refractivity contribution in [1.82, 2.24) is 10.2 Å². The highest BCUT2D eigenvalue weighted by Crippen LogP contribution is 2.22. The highest BCUT2D eigenvalue weighted by Gasteiger charge is 2.28. The van der Waals surface area contributed by atoms with Crippen LogP contribution in [0.15, 0.2) is 29.3 Å². The summed E-state index contributed by atoms with van der Waals surface area (Å²) >= 11 is 5.86. The fraction of sp³-hybridized carbons (Fsp3) is 0.385. The first-order valence-electron chi connectivity index (χ1n) is 6.34. The van der Waals surface area contributed by atoms with Crippen molar-refractivity contribution in [2.75, 3.05) is 37.6 Å². The van der Waals surface area contributed by atoms with Gasteiger partial charge in [0, 0.05) is 36.9 Å². The number of hydrogen-bond donors (Lipinski definition) is 1. The van der Waals surface area contributed by atoms with Crippen LogP contribution >= 0.6 is 11.6 Å². The van der Waals surface area contributed by atoms with Crippen molar-refractivity contribution in [2.24, 2.45) is 4.99 Å². The number of carbonyl (C=O) groups excluding carboxylic acids is 1. The molecule has 1 N–H and O–H groups in total. The van der Waals surface area contributed by atoms with Crippen LogP contribution in [0.3, 0.4) is 0 Å². The molecule has 19 heavy (non-hydrogen) atoms. The molecular formula is C13H15ClN4O. The molecule has 2 amide bonds. The number of urea groups is 1. The van der Waals surface area contributed by atoms with Crippen molar-refractivity contribution < 1.29 is 4.79 Å². The quantitative estimate of drug-likeness (QED) is 0.849. The van der Waals surface area contributed by atoms with Gasteiger partial charge in [0.1, 0.15) is 5.84 Å². The van der Waals surface area contributed by atoms with Crippen molar-refractivity contribution in [3.05, 3.63) is 29.3 Å². The lowest BCUT2D eigenvalue weighted by molar-refractivity contribution is 0.256. The Morgan fingerprint density at radius 3 is 2.53 bits per heavy atom. The van der Waals surface area contributed by atoms with Crippen LogP contribution in [0.2, 0.25) is 5.02 Å². The predicted octanol–water partition coefficient (Wildman–Crippen LogP) is 1.58. The summed E-state index contributed by atoms with van der Waals surface area (Å²) in [7, 11) is 0.